The van der Waals surface area contributed by atoms with Gasteiger partial charge in [0.25, 0.3) is 5.91 Å². The number of pyridine rings is 1. The van der Waals surface area contributed by atoms with Crippen LogP contribution in [0.5, 0.6) is 0 Å². The minimum Gasteiger partial charge on any atom is -0.343 e. The van der Waals surface area contributed by atoms with Crippen molar-refractivity contribution in [2.75, 3.05) is 11.9 Å². The zero-order chi connectivity index (χ0) is 20.1. The summed E-state index contributed by atoms with van der Waals surface area (Å²) in [5, 5.41) is 9.70. The van der Waals surface area contributed by atoms with E-state index in [4.69, 9.17) is 0 Å². The molecule has 144 valence electrons. The van der Waals surface area contributed by atoms with Gasteiger partial charge in [-0.25, -0.2) is 9.67 Å². The second kappa shape index (κ2) is 8.79. The van der Waals surface area contributed by atoms with Crippen LogP contribution in [0.3, 0.4) is 0 Å². The minimum atomic E-state index is -0.346. The molecule has 1 aromatic carbocycles. The number of benzene rings is 1. The van der Waals surface area contributed by atoms with Crippen LogP contribution < -0.4 is 10.6 Å². The molecule has 0 bridgehead atoms. The molecule has 3 rings (SSSR count). The Morgan fingerprint density at radius 2 is 2.04 bits per heavy atom. The van der Waals surface area contributed by atoms with Gasteiger partial charge in [0.2, 0.25) is 5.91 Å². The monoisotopic (exact) mass is 441 g/mol. The summed E-state index contributed by atoms with van der Waals surface area (Å²) >= 11 is 3.42. The molecule has 7 nitrogen and oxygen atoms in total. The molecule has 28 heavy (non-hydrogen) atoms. The third kappa shape index (κ3) is 4.45. The third-order valence-electron chi connectivity index (χ3n) is 4.17. The van der Waals surface area contributed by atoms with Gasteiger partial charge in [-0.3, -0.25) is 9.59 Å². The van der Waals surface area contributed by atoms with Gasteiger partial charge in [-0.05, 0) is 49.2 Å². The minimum absolute atomic E-state index is 0.133. The largest absolute Gasteiger partial charge is 0.343 e. The Morgan fingerprint density at radius 3 is 2.71 bits per heavy atom. The number of aryl methyl sites for hydroxylation is 1. The van der Waals surface area contributed by atoms with Crippen molar-refractivity contribution in [2.45, 2.75) is 20.3 Å². The molecular weight excluding hydrogens is 422 g/mol. The van der Waals surface area contributed by atoms with Crippen molar-refractivity contribution in [1.82, 2.24) is 20.1 Å². The van der Waals surface area contributed by atoms with Crippen LogP contribution >= 0.6 is 15.9 Å². The Morgan fingerprint density at radius 1 is 1.21 bits per heavy atom. The zero-order valence-corrected chi connectivity index (χ0v) is 17.2. The Bertz CT molecular complexity index is 1000. The molecular formula is C20H20BrN5O2. The van der Waals surface area contributed by atoms with Crippen molar-refractivity contribution in [1.29, 1.82) is 0 Å². The molecule has 0 saturated carbocycles. The molecule has 2 aromatic heterocycles. The summed E-state index contributed by atoms with van der Waals surface area (Å²) in [5.41, 5.74) is 2.86. The molecule has 2 amide bonds. The maximum absolute atomic E-state index is 12.6. The molecule has 0 aliphatic carbocycles. The second-order valence-electron chi connectivity index (χ2n) is 6.15. The number of rotatable bonds is 6. The first-order valence-electron chi connectivity index (χ1n) is 8.82. The Labute approximate surface area is 171 Å². The molecule has 3 aromatic rings. The molecule has 0 radical (unpaired) electrons. The molecule has 0 atom stereocenters. The van der Waals surface area contributed by atoms with E-state index in [0.717, 1.165) is 15.7 Å². The highest BCUT2D eigenvalue weighted by Crippen LogP contribution is 2.20. The molecule has 2 N–H and O–H groups in total. The maximum atomic E-state index is 12.6. The standard InChI is InChI=1S/C20H20BrN5O2/c1-3-17-15(11-24-26(17)18-6-4-5-9-22-18)20(28)23-12-19(27)25-14-7-8-16(21)13(2)10-14/h4-11H,3,12H2,1-2H3,(H,23,28)(H,25,27). The summed E-state index contributed by atoms with van der Waals surface area (Å²) in [6, 6.07) is 11.0. The Hall–Kier alpha value is -3.00. The van der Waals surface area contributed by atoms with Gasteiger partial charge < -0.3 is 10.6 Å². The highest BCUT2D eigenvalue weighted by Gasteiger charge is 2.18. The SMILES string of the molecule is CCc1c(C(=O)NCC(=O)Nc2ccc(Br)c(C)c2)cnn1-c1ccccn1. The summed E-state index contributed by atoms with van der Waals surface area (Å²) in [5.74, 6) is -0.00634. The van der Waals surface area contributed by atoms with Crippen LogP contribution in [-0.2, 0) is 11.2 Å². The van der Waals surface area contributed by atoms with Gasteiger partial charge in [-0.15, -0.1) is 0 Å². The van der Waals surface area contributed by atoms with E-state index in [9.17, 15) is 9.59 Å². The summed E-state index contributed by atoms with van der Waals surface area (Å²) in [4.78, 5) is 29.0. The van der Waals surface area contributed by atoms with Crippen LogP contribution in [0.1, 0.15) is 28.5 Å². The lowest BCUT2D eigenvalue weighted by Gasteiger charge is -2.09. The number of aromatic nitrogens is 3. The average molecular weight is 442 g/mol. The van der Waals surface area contributed by atoms with E-state index in [1.807, 2.05) is 44.2 Å². The lowest BCUT2D eigenvalue weighted by Crippen LogP contribution is -2.33. The van der Waals surface area contributed by atoms with Gasteiger partial charge in [-0.2, -0.15) is 5.10 Å². The van der Waals surface area contributed by atoms with Gasteiger partial charge in [0, 0.05) is 16.4 Å². The highest BCUT2D eigenvalue weighted by molar-refractivity contribution is 9.10. The third-order valence-corrected chi connectivity index (χ3v) is 5.06. The van der Waals surface area contributed by atoms with Crippen molar-refractivity contribution in [3.8, 4) is 5.82 Å². The Balaban J connectivity index is 1.65. The van der Waals surface area contributed by atoms with Crippen LogP contribution in [0.15, 0.2) is 53.3 Å². The highest BCUT2D eigenvalue weighted by atomic mass is 79.9. The van der Waals surface area contributed by atoms with Crippen molar-refractivity contribution in [3.05, 3.63) is 70.1 Å². The number of anilines is 1. The summed E-state index contributed by atoms with van der Waals surface area (Å²) in [7, 11) is 0. The lowest BCUT2D eigenvalue weighted by atomic mass is 10.2. The maximum Gasteiger partial charge on any atom is 0.255 e. The number of halogens is 1. The molecule has 0 unspecified atom stereocenters. The van der Waals surface area contributed by atoms with E-state index in [1.165, 1.54) is 6.20 Å². The lowest BCUT2D eigenvalue weighted by molar-refractivity contribution is -0.115. The summed E-state index contributed by atoms with van der Waals surface area (Å²) in [6.45, 7) is 3.74. The predicted molar refractivity (Wildman–Crippen MR) is 111 cm³/mol. The van der Waals surface area contributed by atoms with Crippen LogP contribution in [0.25, 0.3) is 5.82 Å². The molecule has 0 saturated heterocycles. The van der Waals surface area contributed by atoms with Crippen molar-refractivity contribution < 1.29 is 9.59 Å². The number of carbonyl (C=O) groups is 2. The van der Waals surface area contributed by atoms with Gasteiger partial charge in [-0.1, -0.05) is 28.9 Å². The number of hydrogen-bond acceptors (Lipinski definition) is 4. The number of nitrogens with zero attached hydrogens (tertiary/aromatic N) is 3. The van der Waals surface area contributed by atoms with E-state index in [0.29, 0.717) is 23.5 Å². The molecule has 8 heteroatoms. The normalized spacial score (nSPS) is 10.5. The smallest absolute Gasteiger partial charge is 0.255 e. The predicted octanol–water partition coefficient (Wildman–Crippen LogP) is 3.27. The molecule has 0 aliphatic rings. The van der Waals surface area contributed by atoms with Gasteiger partial charge in [0.1, 0.15) is 0 Å². The summed E-state index contributed by atoms with van der Waals surface area (Å²) in [6.07, 6.45) is 3.77. The van der Waals surface area contributed by atoms with E-state index in [1.54, 1.807) is 16.9 Å². The average Bonchev–Trinajstić information content (AvgIpc) is 3.14. The number of carbonyl (C=O) groups excluding carboxylic acids is 2. The van der Waals surface area contributed by atoms with E-state index in [-0.39, 0.29) is 18.4 Å². The zero-order valence-electron chi connectivity index (χ0n) is 15.6. The number of hydrogen-bond donors (Lipinski definition) is 2. The second-order valence-corrected chi connectivity index (χ2v) is 7.01. The molecule has 0 spiro atoms. The first-order chi connectivity index (χ1) is 13.5. The fraction of sp³-hybridized carbons (Fsp3) is 0.200. The number of amides is 2. The van der Waals surface area contributed by atoms with Crippen LogP contribution in [0.2, 0.25) is 0 Å². The van der Waals surface area contributed by atoms with Crippen molar-refractivity contribution in [2.24, 2.45) is 0 Å². The number of nitrogens with one attached hydrogen (secondary N) is 2. The first-order valence-corrected chi connectivity index (χ1v) is 9.61. The van der Waals surface area contributed by atoms with Crippen LogP contribution in [-0.4, -0.2) is 33.1 Å². The van der Waals surface area contributed by atoms with Crippen molar-refractivity contribution in [3.63, 3.8) is 0 Å². The topological polar surface area (TPSA) is 88.9 Å². The van der Waals surface area contributed by atoms with E-state index in [2.05, 4.69) is 36.6 Å². The fourth-order valence-corrected chi connectivity index (χ4v) is 3.01. The summed E-state index contributed by atoms with van der Waals surface area (Å²) < 4.78 is 2.61. The molecule has 0 fully saturated rings. The fourth-order valence-electron chi connectivity index (χ4n) is 2.76. The van der Waals surface area contributed by atoms with Crippen LogP contribution in [0, 0.1) is 6.92 Å². The molecule has 0 aliphatic heterocycles. The van der Waals surface area contributed by atoms with Crippen molar-refractivity contribution >= 4 is 33.4 Å². The Kier molecular flexibility index (Phi) is 6.20. The first kappa shape index (κ1) is 19.8. The van der Waals surface area contributed by atoms with Crippen LogP contribution in [0.4, 0.5) is 5.69 Å². The van der Waals surface area contributed by atoms with Gasteiger partial charge >= 0.3 is 0 Å². The van der Waals surface area contributed by atoms with E-state index >= 15 is 0 Å². The quantitative estimate of drug-likeness (QED) is 0.614. The van der Waals surface area contributed by atoms with Gasteiger partial charge in [0.15, 0.2) is 5.82 Å². The van der Waals surface area contributed by atoms with Gasteiger partial charge in [0.05, 0.1) is 24.0 Å². The van der Waals surface area contributed by atoms with E-state index < -0.39 is 0 Å². The molecule has 2 heterocycles.